The zero-order valence-corrected chi connectivity index (χ0v) is 19.3. The average molecular weight is 491 g/mol. The lowest BCUT2D eigenvalue weighted by atomic mass is 10.1. The second-order valence-electron chi connectivity index (χ2n) is 6.20. The molecule has 0 spiro atoms. The third kappa shape index (κ3) is 6.67. The van der Waals surface area contributed by atoms with Gasteiger partial charge in [0.25, 0.3) is 5.91 Å². The Kier molecular flexibility index (Phi) is 9.24. The van der Waals surface area contributed by atoms with Gasteiger partial charge in [0, 0.05) is 18.4 Å². The topological polar surface area (TPSA) is 115 Å². The van der Waals surface area contributed by atoms with Crippen LogP contribution in [0.3, 0.4) is 0 Å². The molecule has 0 aliphatic heterocycles. The standard InChI is InChI=1S/C21H23BrN4O5/c1-5-30-20-17(22)7-14(8-18(20)29-4)10-24-26-19(27)12-31-21-16(9-23)15(11-28-3)6-13(2)25-21/h6-8,10H,5,11-12H2,1-4H3,(H,26,27)/b24-10-. The van der Waals surface area contributed by atoms with Crippen molar-refractivity contribution in [2.24, 2.45) is 5.10 Å². The van der Waals surface area contributed by atoms with Crippen LogP contribution in [0.2, 0.25) is 0 Å². The van der Waals surface area contributed by atoms with Crippen LogP contribution in [0.15, 0.2) is 27.8 Å². The Morgan fingerprint density at radius 2 is 2.10 bits per heavy atom. The summed E-state index contributed by atoms with van der Waals surface area (Å²) in [6.45, 7) is 4.02. The summed E-state index contributed by atoms with van der Waals surface area (Å²) in [7, 11) is 3.07. The van der Waals surface area contributed by atoms with E-state index in [9.17, 15) is 10.1 Å². The number of hydrogen-bond acceptors (Lipinski definition) is 8. The van der Waals surface area contributed by atoms with Crippen molar-refractivity contribution >= 4 is 28.1 Å². The number of methoxy groups -OCH3 is 2. The molecule has 1 amide bonds. The lowest BCUT2D eigenvalue weighted by Gasteiger charge is -2.12. The van der Waals surface area contributed by atoms with E-state index in [0.717, 1.165) is 0 Å². The number of aromatic nitrogens is 1. The second-order valence-corrected chi connectivity index (χ2v) is 7.05. The van der Waals surface area contributed by atoms with Gasteiger partial charge in [-0.2, -0.15) is 10.4 Å². The van der Waals surface area contributed by atoms with E-state index in [1.54, 1.807) is 25.1 Å². The Labute approximate surface area is 189 Å². The minimum atomic E-state index is -0.506. The Morgan fingerprint density at radius 3 is 2.74 bits per heavy atom. The molecule has 1 heterocycles. The van der Waals surface area contributed by atoms with Crippen molar-refractivity contribution in [3.63, 3.8) is 0 Å². The molecule has 1 N–H and O–H groups in total. The molecule has 2 rings (SSSR count). The number of halogens is 1. The number of nitrogens with one attached hydrogen (secondary N) is 1. The van der Waals surface area contributed by atoms with Gasteiger partial charge in [0.15, 0.2) is 18.1 Å². The van der Waals surface area contributed by atoms with E-state index < -0.39 is 5.91 Å². The first-order valence-electron chi connectivity index (χ1n) is 9.28. The number of nitrogens with zero attached hydrogens (tertiary/aromatic N) is 3. The van der Waals surface area contributed by atoms with Gasteiger partial charge in [0.2, 0.25) is 5.88 Å². The summed E-state index contributed by atoms with van der Waals surface area (Å²) in [5.74, 6) is 0.697. The highest BCUT2D eigenvalue weighted by molar-refractivity contribution is 9.10. The smallest absolute Gasteiger partial charge is 0.278 e. The molecule has 1 aromatic heterocycles. The highest BCUT2D eigenvalue weighted by Gasteiger charge is 2.14. The third-order valence-electron chi connectivity index (χ3n) is 3.89. The molecular weight excluding hydrogens is 468 g/mol. The first-order chi connectivity index (χ1) is 14.9. The predicted molar refractivity (Wildman–Crippen MR) is 117 cm³/mol. The number of carbonyl (C=O) groups is 1. The largest absolute Gasteiger partial charge is 0.493 e. The number of benzene rings is 1. The summed E-state index contributed by atoms with van der Waals surface area (Å²) in [6.07, 6.45) is 1.46. The van der Waals surface area contributed by atoms with Crippen molar-refractivity contribution in [1.82, 2.24) is 10.4 Å². The van der Waals surface area contributed by atoms with E-state index in [1.165, 1.54) is 20.4 Å². The van der Waals surface area contributed by atoms with Crippen LogP contribution in [-0.4, -0.2) is 44.5 Å². The molecule has 0 saturated heterocycles. The van der Waals surface area contributed by atoms with Gasteiger partial charge in [-0.3, -0.25) is 4.79 Å². The fraction of sp³-hybridized carbons (Fsp3) is 0.333. The molecule has 164 valence electrons. The summed E-state index contributed by atoms with van der Waals surface area (Å²) < 4.78 is 22.1. The van der Waals surface area contributed by atoms with Crippen LogP contribution in [0, 0.1) is 18.3 Å². The van der Waals surface area contributed by atoms with Crippen molar-refractivity contribution in [3.05, 3.63) is 45.1 Å². The molecule has 0 saturated carbocycles. The first kappa shape index (κ1) is 24.1. The number of hydrogen-bond donors (Lipinski definition) is 1. The van der Waals surface area contributed by atoms with Gasteiger partial charge in [-0.15, -0.1) is 0 Å². The molecule has 1 aromatic carbocycles. The molecule has 10 heteroatoms. The Bertz CT molecular complexity index is 1000. The van der Waals surface area contributed by atoms with E-state index in [4.69, 9.17) is 18.9 Å². The van der Waals surface area contributed by atoms with Crippen molar-refractivity contribution in [2.75, 3.05) is 27.4 Å². The normalized spacial score (nSPS) is 10.6. The Morgan fingerprint density at radius 1 is 1.32 bits per heavy atom. The molecule has 0 aliphatic rings. The van der Waals surface area contributed by atoms with Crippen molar-refractivity contribution in [2.45, 2.75) is 20.5 Å². The maximum Gasteiger partial charge on any atom is 0.278 e. The quantitative estimate of drug-likeness (QED) is 0.401. The molecule has 0 aliphatic carbocycles. The zero-order valence-electron chi connectivity index (χ0n) is 17.7. The van der Waals surface area contributed by atoms with Crippen LogP contribution in [0.4, 0.5) is 0 Å². The molecule has 0 bridgehead atoms. The van der Waals surface area contributed by atoms with Crippen LogP contribution in [0.1, 0.15) is 29.3 Å². The maximum absolute atomic E-state index is 12.1. The number of rotatable bonds is 10. The highest BCUT2D eigenvalue weighted by Crippen LogP contribution is 2.36. The van der Waals surface area contributed by atoms with E-state index in [0.29, 0.717) is 39.4 Å². The molecule has 0 unspecified atom stereocenters. The first-order valence-corrected chi connectivity index (χ1v) is 10.1. The second kappa shape index (κ2) is 11.9. The molecule has 0 atom stereocenters. The fourth-order valence-electron chi connectivity index (χ4n) is 2.65. The number of nitriles is 1. The lowest BCUT2D eigenvalue weighted by molar-refractivity contribution is -0.123. The average Bonchev–Trinajstić information content (AvgIpc) is 2.74. The molecule has 0 radical (unpaired) electrons. The van der Waals surface area contributed by atoms with Gasteiger partial charge in [-0.25, -0.2) is 10.4 Å². The van der Waals surface area contributed by atoms with Crippen molar-refractivity contribution in [3.8, 4) is 23.4 Å². The van der Waals surface area contributed by atoms with E-state index in [-0.39, 0.29) is 24.7 Å². The number of aryl methyl sites for hydroxylation is 1. The molecule has 31 heavy (non-hydrogen) atoms. The van der Waals surface area contributed by atoms with Crippen molar-refractivity contribution < 1.29 is 23.7 Å². The maximum atomic E-state index is 12.1. The Hall–Kier alpha value is -3.16. The van der Waals surface area contributed by atoms with Crippen LogP contribution < -0.4 is 19.6 Å². The monoisotopic (exact) mass is 490 g/mol. The summed E-state index contributed by atoms with van der Waals surface area (Å²) in [4.78, 5) is 16.3. The van der Waals surface area contributed by atoms with Gasteiger partial charge >= 0.3 is 0 Å². The predicted octanol–water partition coefficient (Wildman–Crippen LogP) is 3.11. The summed E-state index contributed by atoms with van der Waals surface area (Å²) >= 11 is 3.43. The number of hydrazone groups is 1. The fourth-order valence-corrected chi connectivity index (χ4v) is 3.22. The van der Waals surface area contributed by atoms with E-state index >= 15 is 0 Å². The number of carbonyl (C=O) groups excluding carboxylic acids is 1. The highest BCUT2D eigenvalue weighted by atomic mass is 79.9. The van der Waals surface area contributed by atoms with Crippen LogP contribution in [0.25, 0.3) is 0 Å². The van der Waals surface area contributed by atoms with Gasteiger partial charge in [0.1, 0.15) is 11.6 Å². The number of pyridine rings is 1. The Balaban J connectivity index is 2.03. The van der Waals surface area contributed by atoms with Gasteiger partial charge < -0.3 is 18.9 Å². The summed E-state index contributed by atoms with van der Waals surface area (Å²) in [5, 5.41) is 13.3. The lowest BCUT2D eigenvalue weighted by Crippen LogP contribution is -2.25. The van der Waals surface area contributed by atoms with Crippen LogP contribution >= 0.6 is 15.9 Å². The molecule has 9 nitrogen and oxygen atoms in total. The minimum absolute atomic E-state index is 0.0776. The number of amides is 1. The van der Waals surface area contributed by atoms with Gasteiger partial charge in [-0.1, -0.05) is 0 Å². The van der Waals surface area contributed by atoms with E-state index in [2.05, 4.69) is 31.4 Å². The van der Waals surface area contributed by atoms with Crippen LogP contribution in [0.5, 0.6) is 17.4 Å². The van der Waals surface area contributed by atoms with E-state index in [1.807, 2.05) is 13.0 Å². The molecule has 0 fully saturated rings. The number of ether oxygens (including phenoxy) is 4. The summed E-state index contributed by atoms with van der Waals surface area (Å²) in [6, 6.07) is 7.29. The molecular formula is C21H23BrN4O5. The minimum Gasteiger partial charge on any atom is -0.493 e. The third-order valence-corrected chi connectivity index (χ3v) is 4.48. The summed E-state index contributed by atoms with van der Waals surface area (Å²) in [5.41, 5.74) is 4.58. The van der Waals surface area contributed by atoms with Gasteiger partial charge in [-0.05, 0) is 53.5 Å². The van der Waals surface area contributed by atoms with Gasteiger partial charge in [0.05, 0.1) is 31.0 Å². The van der Waals surface area contributed by atoms with Crippen molar-refractivity contribution in [1.29, 1.82) is 5.26 Å². The zero-order chi connectivity index (χ0) is 22.8. The van der Waals surface area contributed by atoms with Crippen LogP contribution in [-0.2, 0) is 16.1 Å². The SMILES string of the molecule is CCOc1c(Br)cc(/C=N\NC(=O)COc2nc(C)cc(COC)c2C#N)cc1OC. The molecule has 2 aromatic rings.